The first-order chi connectivity index (χ1) is 6.00. The summed E-state index contributed by atoms with van der Waals surface area (Å²) >= 11 is 0. The van der Waals surface area contributed by atoms with E-state index in [-0.39, 0.29) is 0 Å². The molecule has 0 aromatic carbocycles. The summed E-state index contributed by atoms with van der Waals surface area (Å²) in [5.74, 6) is 0. The summed E-state index contributed by atoms with van der Waals surface area (Å²) in [6.45, 7) is 0. The van der Waals surface area contributed by atoms with Crippen molar-refractivity contribution in [3.8, 4) is 0 Å². The van der Waals surface area contributed by atoms with Gasteiger partial charge in [-0.25, -0.2) is 0 Å². The van der Waals surface area contributed by atoms with E-state index in [1.54, 1.807) is 0 Å². The van der Waals surface area contributed by atoms with Crippen molar-refractivity contribution < 1.29 is 0 Å². The molecule has 0 spiro atoms. The number of hydrogen-bond donors (Lipinski definition) is 0. The Balaban J connectivity index is 2.31. The summed E-state index contributed by atoms with van der Waals surface area (Å²) in [7, 11) is 0. The van der Waals surface area contributed by atoms with Crippen LogP contribution in [0.15, 0.2) is 36.5 Å². The third kappa shape index (κ3) is 4.95. The summed E-state index contributed by atoms with van der Waals surface area (Å²) in [6.07, 6.45) is 21.5. The van der Waals surface area contributed by atoms with Gasteiger partial charge in [-0.2, -0.15) is 0 Å². The molecule has 0 fully saturated rings. The fraction of sp³-hybridized carbons (Fsp3) is 0.417. The Bertz CT molecular complexity index is 172. The third-order valence-corrected chi connectivity index (χ3v) is 1.89. The molecule has 0 unspecified atom stereocenters. The highest BCUT2D eigenvalue weighted by Gasteiger charge is 1.84. The third-order valence-electron chi connectivity index (χ3n) is 1.89. The molecule has 1 aliphatic carbocycles. The molecule has 12 heavy (non-hydrogen) atoms. The fourth-order valence-corrected chi connectivity index (χ4v) is 1.18. The molecule has 0 aromatic heterocycles. The average molecular weight is 161 g/mol. The highest BCUT2D eigenvalue weighted by Crippen LogP contribution is 2.03. The number of rotatable bonds is 0. The Kier molecular flexibility index (Phi) is 5.35. The molecule has 0 heteroatoms. The molecule has 0 N–H and O–H groups in total. The second kappa shape index (κ2) is 6.90. The minimum atomic E-state index is 1.14. The Morgan fingerprint density at radius 3 is 2.08 bits per heavy atom. The molecular weight excluding hydrogens is 144 g/mol. The van der Waals surface area contributed by atoms with E-state index in [1.165, 1.54) is 25.7 Å². The van der Waals surface area contributed by atoms with Crippen molar-refractivity contribution in [2.75, 3.05) is 0 Å². The van der Waals surface area contributed by atoms with Gasteiger partial charge in [0.15, 0.2) is 0 Å². The lowest BCUT2D eigenvalue weighted by atomic mass is 10.1. The molecule has 0 bridgehead atoms. The number of allylic oxidation sites excluding steroid dienone is 6. The van der Waals surface area contributed by atoms with Crippen LogP contribution in [0.5, 0.6) is 0 Å². The first-order valence-electron chi connectivity index (χ1n) is 4.78. The van der Waals surface area contributed by atoms with Gasteiger partial charge in [0.1, 0.15) is 0 Å². The maximum absolute atomic E-state index is 2.34. The lowest BCUT2D eigenvalue weighted by Gasteiger charge is -1.93. The van der Waals surface area contributed by atoms with Gasteiger partial charge in [-0.3, -0.25) is 0 Å². The van der Waals surface area contributed by atoms with Gasteiger partial charge in [0, 0.05) is 0 Å². The van der Waals surface area contributed by atoms with Crippen LogP contribution in [-0.2, 0) is 0 Å². The van der Waals surface area contributed by atoms with Crippen LogP contribution in [0.1, 0.15) is 32.1 Å². The first-order valence-corrected chi connectivity index (χ1v) is 4.78. The highest BCUT2D eigenvalue weighted by atomic mass is 13.9. The molecule has 0 amide bonds. The normalized spacial score (nSPS) is 28.0. The molecule has 0 atom stereocenters. The van der Waals surface area contributed by atoms with E-state index >= 15 is 0 Å². The quantitative estimate of drug-likeness (QED) is 0.474. The van der Waals surface area contributed by atoms with E-state index in [4.69, 9.17) is 0 Å². The molecule has 0 saturated carbocycles. The van der Waals surface area contributed by atoms with Crippen LogP contribution in [-0.4, -0.2) is 0 Å². The topological polar surface area (TPSA) is 0 Å². The molecule has 1 rings (SSSR count). The second-order valence-corrected chi connectivity index (χ2v) is 3.01. The minimum Gasteiger partial charge on any atom is -0.0882 e. The zero-order valence-corrected chi connectivity index (χ0v) is 7.58. The van der Waals surface area contributed by atoms with E-state index in [0.717, 1.165) is 6.42 Å². The minimum absolute atomic E-state index is 1.14. The summed E-state index contributed by atoms with van der Waals surface area (Å²) < 4.78 is 0. The number of hydrogen-bond acceptors (Lipinski definition) is 0. The predicted molar refractivity (Wildman–Crippen MR) is 54.8 cm³/mol. The Morgan fingerprint density at radius 1 is 0.583 bits per heavy atom. The summed E-state index contributed by atoms with van der Waals surface area (Å²) in [4.78, 5) is 0. The van der Waals surface area contributed by atoms with E-state index in [1.807, 2.05) is 0 Å². The highest BCUT2D eigenvalue weighted by molar-refractivity contribution is 5.04. The molecule has 0 heterocycles. The predicted octanol–water partition coefficient (Wildman–Crippen LogP) is 3.82. The average Bonchev–Trinajstić information content (AvgIpc) is 2.05. The van der Waals surface area contributed by atoms with Crippen molar-refractivity contribution in [3.05, 3.63) is 42.9 Å². The standard InChI is InChI=1S/C12H17/c1-2-4-6-8-10-12-11-9-7-5-3-1/h1-4,9-11H,5-8,12H2/b3-1-,4-2+,11-9-. The van der Waals surface area contributed by atoms with Crippen LogP contribution < -0.4 is 0 Å². The molecule has 0 aromatic rings. The summed E-state index contributed by atoms with van der Waals surface area (Å²) in [5, 5.41) is 0. The molecule has 0 aliphatic heterocycles. The van der Waals surface area contributed by atoms with Gasteiger partial charge in [0.2, 0.25) is 0 Å². The maximum atomic E-state index is 2.34. The lowest BCUT2D eigenvalue weighted by molar-refractivity contribution is 0.926. The molecule has 1 radical (unpaired) electrons. The van der Waals surface area contributed by atoms with Gasteiger partial charge in [0.25, 0.3) is 0 Å². The van der Waals surface area contributed by atoms with Gasteiger partial charge in [0.05, 0.1) is 0 Å². The smallest absolute Gasteiger partial charge is 0.0313 e. The lowest BCUT2D eigenvalue weighted by Crippen LogP contribution is -1.75. The van der Waals surface area contributed by atoms with Gasteiger partial charge in [-0.15, -0.1) is 0 Å². The van der Waals surface area contributed by atoms with E-state index in [9.17, 15) is 0 Å². The molecule has 0 saturated heterocycles. The molecule has 1 aliphatic rings. The molecular formula is C12H17. The zero-order chi connectivity index (χ0) is 8.49. The van der Waals surface area contributed by atoms with Crippen LogP contribution in [0.2, 0.25) is 0 Å². The SMILES string of the molecule is [CH]1C/C=C\CC/C=C\C=C\CC1. The van der Waals surface area contributed by atoms with E-state index < -0.39 is 0 Å². The van der Waals surface area contributed by atoms with Gasteiger partial charge >= 0.3 is 0 Å². The zero-order valence-electron chi connectivity index (χ0n) is 7.58. The van der Waals surface area contributed by atoms with Crippen LogP contribution in [0.4, 0.5) is 0 Å². The summed E-state index contributed by atoms with van der Waals surface area (Å²) in [5.41, 5.74) is 0. The van der Waals surface area contributed by atoms with Crippen molar-refractivity contribution >= 4 is 0 Å². The monoisotopic (exact) mass is 161 g/mol. The summed E-state index contributed by atoms with van der Waals surface area (Å²) in [6, 6.07) is 0. The van der Waals surface area contributed by atoms with Crippen LogP contribution in [0.25, 0.3) is 0 Å². The van der Waals surface area contributed by atoms with Crippen molar-refractivity contribution in [1.82, 2.24) is 0 Å². The van der Waals surface area contributed by atoms with Gasteiger partial charge in [-0.05, 0) is 38.5 Å². The molecule has 65 valence electrons. The van der Waals surface area contributed by atoms with Crippen molar-refractivity contribution in [2.45, 2.75) is 32.1 Å². The van der Waals surface area contributed by atoms with Gasteiger partial charge < -0.3 is 0 Å². The van der Waals surface area contributed by atoms with Crippen molar-refractivity contribution in [2.24, 2.45) is 0 Å². The van der Waals surface area contributed by atoms with Crippen molar-refractivity contribution in [1.29, 1.82) is 0 Å². The Labute approximate surface area is 75.7 Å². The van der Waals surface area contributed by atoms with Crippen LogP contribution in [0.3, 0.4) is 0 Å². The van der Waals surface area contributed by atoms with E-state index in [0.29, 0.717) is 0 Å². The van der Waals surface area contributed by atoms with Crippen LogP contribution >= 0.6 is 0 Å². The maximum Gasteiger partial charge on any atom is -0.0313 e. The van der Waals surface area contributed by atoms with E-state index in [2.05, 4.69) is 42.9 Å². The first kappa shape index (κ1) is 9.31. The second-order valence-electron chi connectivity index (χ2n) is 3.01. The van der Waals surface area contributed by atoms with Crippen LogP contribution in [0, 0.1) is 6.42 Å². The Hall–Kier alpha value is -0.780. The fourth-order valence-electron chi connectivity index (χ4n) is 1.18. The van der Waals surface area contributed by atoms with Gasteiger partial charge in [-0.1, -0.05) is 36.5 Å². The Morgan fingerprint density at radius 2 is 1.25 bits per heavy atom. The largest absolute Gasteiger partial charge is 0.0882 e. The van der Waals surface area contributed by atoms with Crippen molar-refractivity contribution in [3.63, 3.8) is 0 Å². The molecule has 0 nitrogen and oxygen atoms in total.